The molecular formula is C24H31ClN4O3. The third-order valence-corrected chi connectivity index (χ3v) is 5.67. The number of nitrogens with zero attached hydrogens (tertiary/aromatic N) is 2. The summed E-state index contributed by atoms with van der Waals surface area (Å²) < 4.78 is 5.75. The standard InChI is InChI=1S/C24H31ClN4O3/c1-4-32-21-8-6-5-7-20(21)28-13-15-29(16-14-28)23(30)22(17(2)3)27-24(31)26-19-11-9-18(25)10-12-19/h5-12,17,22H,4,13-16H2,1-3H3,(H2,26,27,31). The van der Waals surface area contributed by atoms with Crippen molar-refractivity contribution in [3.05, 3.63) is 53.6 Å². The molecule has 1 aliphatic rings. The maximum Gasteiger partial charge on any atom is 0.319 e. The van der Waals surface area contributed by atoms with Gasteiger partial charge < -0.3 is 25.2 Å². The maximum absolute atomic E-state index is 13.2. The van der Waals surface area contributed by atoms with Crippen LogP contribution in [0.25, 0.3) is 0 Å². The number of nitrogens with one attached hydrogen (secondary N) is 2. The number of benzene rings is 2. The van der Waals surface area contributed by atoms with Crippen LogP contribution < -0.4 is 20.3 Å². The van der Waals surface area contributed by atoms with Gasteiger partial charge in [0.1, 0.15) is 11.8 Å². The smallest absolute Gasteiger partial charge is 0.319 e. The SMILES string of the molecule is CCOc1ccccc1N1CCN(C(=O)C(NC(=O)Nc2ccc(Cl)cc2)C(C)C)CC1. The Bertz CT molecular complexity index is 912. The van der Waals surface area contributed by atoms with Crippen LogP contribution in [0.1, 0.15) is 20.8 Å². The fourth-order valence-corrected chi connectivity index (χ4v) is 3.84. The first-order valence-electron chi connectivity index (χ1n) is 11.0. The van der Waals surface area contributed by atoms with Crippen molar-refractivity contribution in [2.45, 2.75) is 26.8 Å². The second-order valence-electron chi connectivity index (χ2n) is 8.04. The molecule has 0 bridgehead atoms. The lowest BCUT2D eigenvalue weighted by atomic mass is 10.0. The van der Waals surface area contributed by atoms with Gasteiger partial charge in [-0.2, -0.15) is 0 Å². The normalized spacial score (nSPS) is 14.8. The van der Waals surface area contributed by atoms with Crippen molar-refractivity contribution in [2.24, 2.45) is 5.92 Å². The molecule has 1 atom stereocenters. The minimum atomic E-state index is -0.607. The molecule has 0 saturated carbocycles. The van der Waals surface area contributed by atoms with Crippen LogP contribution in [0.2, 0.25) is 5.02 Å². The van der Waals surface area contributed by atoms with E-state index in [0.717, 1.165) is 11.4 Å². The quantitative estimate of drug-likeness (QED) is 0.651. The first-order chi connectivity index (χ1) is 15.4. The predicted octanol–water partition coefficient (Wildman–Crippen LogP) is 4.23. The zero-order valence-corrected chi connectivity index (χ0v) is 19.6. The van der Waals surface area contributed by atoms with E-state index in [1.165, 1.54) is 0 Å². The molecule has 8 heteroatoms. The van der Waals surface area contributed by atoms with Gasteiger partial charge in [0.25, 0.3) is 0 Å². The van der Waals surface area contributed by atoms with E-state index >= 15 is 0 Å². The number of anilines is 2. The number of amides is 3. The number of carbonyl (C=O) groups is 2. The molecule has 2 aromatic carbocycles. The summed E-state index contributed by atoms with van der Waals surface area (Å²) in [6.45, 7) is 9.02. The summed E-state index contributed by atoms with van der Waals surface area (Å²) in [5, 5.41) is 6.19. The molecule has 0 aliphatic carbocycles. The highest BCUT2D eigenvalue weighted by molar-refractivity contribution is 6.30. The van der Waals surface area contributed by atoms with Crippen LogP contribution in [0.15, 0.2) is 48.5 Å². The van der Waals surface area contributed by atoms with Crippen LogP contribution >= 0.6 is 11.6 Å². The molecule has 32 heavy (non-hydrogen) atoms. The molecule has 2 N–H and O–H groups in total. The third-order valence-electron chi connectivity index (χ3n) is 5.42. The van der Waals surface area contributed by atoms with Gasteiger partial charge in [-0.3, -0.25) is 4.79 Å². The van der Waals surface area contributed by atoms with Crippen molar-refractivity contribution in [3.63, 3.8) is 0 Å². The second-order valence-corrected chi connectivity index (χ2v) is 8.48. The number of para-hydroxylation sites is 2. The average Bonchev–Trinajstić information content (AvgIpc) is 2.79. The molecule has 1 fully saturated rings. The van der Waals surface area contributed by atoms with E-state index in [9.17, 15) is 9.59 Å². The maximum atomic E-state index is 13.2. The van der Waals surface area contributed by atoms with E-state index < -0.39 is 12.1 Å². The fourth-order valence-electron chi connectivity index (χ4n) is 3.72. The average molecular weight is 459 g/mol. The van der Waals surface area contributed by atoms with E-state index in [2.05, 4.69) is 15.5 Å². The Balaban J connectivity index is 1.59. The minimum absolute atomic E-state index is 0.0461. The topological polar surface area (TPSA) is 73.9 Å². The summed E-state index contributed by atoms with van der Waals surface area (Å²) in [7, 11) is 0. The zero-order chi connectivity index (χ0) is 23.1. The van der Waals surface area contributed by atoms with Crippen LogP contribution in [0.3, 0.4) is 0 Å². The molecule has 3 rings (SSSR count). The van der Waals surface area contributed by atoms with Crippen molar-refractivity contribution in [2.75, 3.05) is 43.0 Å². The Kier molecular flexibility index (Phi) is 8.22. The van der Waals surface area contributed by atoms with Gasteiger partial charge in [-0.05, 0) is 49.2 Å². The summed E-state index contributed by atoms with van der Waals surface area (Å²) in [5.41, 5.74) is 1.66. The monoisotopic (exact) mass is 458 g/mol. The number of carbonyl (C=O) groups excluding carboxylic acids is 2. The van der Waals surface area contributed by atoms with Crippen molar-refractivity contribution in [1.29, 1.82) is 0 Å². The van der Waals surface area contributed by atoms with Crippen LogP contribution in [0.5, 0.6) is 5.75 Å². The van der Waals surface area contributed by atoms with E-state index in [1.54, 1.807) is 24.3 Å². The fraction of sp³-hybridized carbons (Fsp3) is 0.417. The van der Waals surface area contributed by atoms with Gasteiger partial charge in [-0.1, -0.05) is 37.6 Å². The largest absolute Gasteiger partial charge is 0.492 e. The van der Waals surface area contributed by atoms with Gasteiger partial charge in [-0.25, -0.2) is 4.79 Å². The molecule has 1 saturated heterocycles. The van der Waals surface area contributed by atoms with Crippen molar-refractivity contribution >= 4 is 34.9 Å². The van der Waals surface area contributed by atoms with Gasteiger partial charge in [-0.15, -0.1) is 0 Å². The molecule has 172 valence electrons. The number of hydrogen-bond donors (Lipinski definition) is 2. The first kappa shape index (κ1) is 23.7. The highest BCUT2D eigenvalue weighted by atomic mass is 35.5. The summed E-state index contributed by atoms with van der Waals surface area (Å²) in [6, 6.07) is 13.8. The Hall–Kier alpha value is -2.93. The van der Waals surface area contributed by atoms with Crippen molar-refractivity contribution in [1.82, 2.24) is 10.2 Å². The molecule has 1 aliphatic heterocycles. The first-order valence-corrected chi connectivity index (χ1v) is 11.4. The minimum Gasteiger partial charge on any atom is -0.492 e. The number of rotatable bonds is 7. The van der Waals surface area contributed by atoms with Gasteiger partial charge in [0.2, 0.25) is 5.91 Å². The number of halogens is 1. The number of piperazine rings is 1. The molecule has 0 spiro atoms. The van der Waals surface area contributed by atoms with Gasteiger partial charge in [0.15, 0.2) is 0 Å². The Morgan fingerprint density at radius 2 is 1.69 bits per heavy atom. The molecule has 7 nitrogen and oxygen atoms in total. The van der Waals surface area contributed by atoms with Crippen LogP contribution in [0, 0.1) is 5.92 Å². The molecule has 1 unspecified atom stereocenters. The summed E-state index contributed by atoms with van der Waals surface area (Å²) in [6.07, 6.45) is 0. The van der Waals surface area contributed by atoms with Crippen molar-refractivity contribution < 1.29 is 14.3 Å². The summed E-state index contributed by atoms with van der Waals surface area (Å²) in [4.78, 5) is 29.8. The van der Waals surface area contributed by atoms with Crippen LogP contribution in [0.4, 0.5) is 16.2 Å². The van der Waals surface area contributed by atoms with Gasteiger partial charge >= 0.3 is 6.03 Å². The lowest BCUT2D eigenvalue weighted by molar-refractivity contribution is -0.134. The van der Waals surface area contributed by atoms with Gasteiger partial charge in [0, 0.05) is 36.9 Å². The molecule has 1 heterocycles. The highest BCUT2D eigenvalue weighted by Gasteiger charge is 2.31. The van der Waals surface area contributed by atoms with E-state index in [1.807, 2.05) is 49.9 Å². The zero-order valence-electron chi connectivity index (χ0n) is 18.8. The summed E-state index contributed by atoms with van der Waals surface area (Å²) >= 11 is 5.89. The lowest BCUT2D eigenvalue weighted by Gasteiger charge is -2.38. The lowest BCUT2D eigenvalue weighted by Crippen LogP contribution is -2.57. The van der Waals surface area contributed by atoms with E-state index in [-0.39, 0.29) is 11.8 Å². The van der Waals surface area contributed by atoms with Gasteiger partial charge in [0.05, 0.1) is 12.3 Å². The molecule has 0 radical (unpaired) electrons. The summed E-state index contributed by atoms with van der Waals surface area (Å²) in [5.74, 6) is 0.745. The van der Waals surface area contributed by atoms with E-state index in [4.69, 9.17) is 16.3 Å². The molecular weight excluding hydrogens is 428 g/mol. The Labute approximate surface area is 194 Å². The molecule has 0 aromatic heterocycles. The molecule has 3 amide bonds. The van der Waals surface area contributed by atoms with Crippen LogP contribution in [-0.4, -0.2) is 55.7 Å². The third kappa shape index (κ3) is 6.07. The molecule has 2 aromatic rings. The number of urea groups is 1. The van der Waals surface area contributed by atoms with E-state index in [0.29, 0.717) is 43.5 Å². The highest BCUT2D eigenvalue weighted by Crippen LogP contribution is 2.29. The van der Waals surface area contributed by atoms with Crippen molar-refractivity contribution in [3.8, 4) is 5.75 Å². The number of hydrogen-bond acceptors (Lipinski definition) is 4. The Morgan fingerprint density at radius 1 is 1.03 bits per heavy atom. The second kappa shape index (κ2) is 11.1. The van der Waals surface area contributed by atoms with Crippen LogP contribution in [-0.2, 0) is 4.79 Å². The Morgan fingerprint density at radius 3 is 2.31 bits per heavy atom. The predicted molar refractivity (Wildman–Crippen MR) is 129 cm³/mol. The number of ether oxygens (including phenoxy) is 1.